The summed E-state index contributed by atoms with van der Waals surface area (Å²) in [5.74, 6) is -0.193. The normalized spacial score (nSPS) is 10.2. The van der Waals surface area contributed by atoms with Gasteiger partial charge in [-0.15, -0.1) is 0 Å². The molecule has 0 saturated heterocycles. The third kappa shape index (κ3) is 4.63. The topological polar surface area (TPSA) is 64.3 Å². The SMILES string of the molecule is CCOC(=O)CCCNc1cc(Cl)c(Cl)cc1N. The number of nitrogens with one attached hydrogen (secondary N) is 1. The molecule has 4 nitrogen and oxygen atoms in total. The van der Waals surface area contributed by atoms with Crippen LogP contribution in [0.25, 0.3) is 0 Å². The highest BCUT2D eigenvalue weighted by atomic mass is 35.5. The van der Waals surface area contributed by atoms with Crippen molar-refractivity contribution in [1.29, 1.82) is 0 Å². The van der Waals surface area contributed by atoms with Crippen molar-refractivity contribution in [1.82, 2.24) is 0 Å². The van der Waals surface area contributed by atoms with E-state index in [0.717, 1.165) is 0 Å². The summed E-state index contributed by atoms with van der Waals surface area (Å²) in [6, 6.07) is 3.27. The van der Waals surface area contributed by atoms with Crippen molar-refractivity contribution in [2.75, 3.05) is 24.2 Å². The molecule has 0 unspecified atom stereocenters. The molecule has 1 aromatic carbocycles. The van der Waals surface area contributed by atoms with E-state index in [1.807, 2.05) is 0 Å². The van der Waals surface area contributed by atoms with Crippen molar-refractivity contribution in [3.8, 4) is 0 Å². The van der Waals surface area contributed by atoms with Crippen LogP contribution in [-0.4, -0.2) is 19.1 Å². The maximum atomic E-state index is 11.1. The van der Waals surface area contributed by atoms with Crippen molar-refractivity contribution in [3.05, 3.63) is 22.2 Å². The van der Waals surface area contributed by atoms with Gasteiger partial charge >= 0.3 is 5.97 Å². The quantitative estimate of drug-likeness (QED) is 0.479. The van der Waals surface area contributed by atoms with Crippen LogP contribution in [0.15, 0.2) is 12.1 Å². The summed E-state index contributed by atoms with van der Waals surface area (Å²) in [4.78, 5) is 11.1. The smallest absolute Gasteiger partial charge is 0.305 e. The molecular formula is C12H16Cl2N2O2. The van der Waals surface area contributed by atoms with Crippen LogP contribution in [0.1, 0.15) is 19.8 Å². The van der Waals surface area contributed by atoms with E-state index in [1.54, 1.807) is 19.1 Å². The van der Waals surface area contributed by atoms with Crippen molar-refractivity contribution in [3.63, 3.8) is 0 Å². The molecule has 0 atom stereocenters. The van der Waals surface area contributed by atoms with Crippen molar-refractivity contribution < 1.29 is 9.53 Å². The van der Waals surface area contributed by atoms with Gasteiger partial charge in [0.1, 0.15) is 0 Å². The van der Waals surface area contributed by atoms with Crippen LogP contribution in [0.2, 0.25) is 10.0 Å². The van der Waals surface area contributed by atoms with Gasteiger partial charge in [-0.25, -0.2) is 0 Å². The Labute approximate surface area is 116 Å². The van der Waals surface area contributed by atoms with Gasteiger partial charge in [0.25, 0.3) is 0 Å². The van der Waals surface area contributed by atoms with Crippen LogP contribution in [-0.2, 0) is 9.53 Å². The lowest BCUT2D eigenvalue weighted by molar-refractivity contribution is -0.143. The summed E-state index contributed by atoms with van der Waals surface area (Å²) in [5, 5.41) is 3.97. The van der Waals surface area contributed by atoms with Gasteiger partial charge in [-0.1, -0.05) is 23.2 Å². The fourth-order valence-electron chi connectivity index (χ4n) is 1.40. The largest absolute Gasteiger partial charge is 0.466 e. The summed E-state index contributed by atoms with van der Waals surface area (Å²) in [6.07, 6.45) is 1.04. The molecule has 3 N–H and O–H groups in total. The van der Waals surface area contributed by atoms with Gasteiger partial charge in [-0.05, 0) is 25.5 Å². The number of carbonyl (C=O) groups excluding carboxylic acids is 1. The number of esters is 1. The standard InChI is InChI=1S/C12H16Cl2N2O2/c1-2-18-12(17)4-3-5-16-11-7-9(14)8(13)6-10(11)15/h6-7,16H,2-5,15H2,1H3. The second-order valence-electron chi connectivity index (χ2n) is 3.69. The van der Waals surface area contributed by atoms with Crippen LogP contribution in [0.4, 0.5) is 11.4 Å². The molecule has 0 fully saturated rings. The minimum atomic E-state index is -0.193. The Morgan fingerprint density at radius 3 is 2.72 bits per heavy atom. The molecule has 18 heavy (non-hydrogen) atoms. The minimum absolute atomic E-state index is 0.193. The van der Waals surface area contributed by atoms with Crippen LogP contribution < -0.4 is 11.1 Å². The highest BCUT2D eigenvalue weighted by molar-refractivity contribution is 6.42. The number of rotatable bonds is 6. The third-order valence-electron chi connectivity index (χ3n) is 2.27. The molecule has 0 saturated carbocycles. The zero-order valence-electron chi connectivity index (χ0n) is 10.1. The van der Waals surface area contributed by atoms with Gasteiger partial charge in [0.05, 0.1) is 28.0 Å². The molecule has 0 aliphatic carbocycles. The fraction of sp³-hybridized carbons (Fsp3) is 0.417. The average Bonchev–Trinajstić information content (AvgIpc) is 2.31. The van der Waals surface area contributed by atoms with Gasteiger partial charge < -0.3 is 15.8 Å². The van der Waals surface area contributed by atoms with E-state index in [2.05, 4.69) is 5.32 Å². The molecular weight excluding hydrogens is 275 g/mol. The summed E-state index contributed by atoms with van der Waals surface area (Å²) >= 11 is 11.7. The van der Waals surface area contributed by atoms with Crippen LogP contribution >= 0.6 is 23.2 Å². The molecule has 100 valence electrons. The highest BCUT2D eigenvalue weighted by Gasteiger charge is 2.05. The second-order valence-corrected chi connectivity index (χ2v) is 4.50. The molecule has 0 aromatic heterocycles. The van der Waals surface area contributed by atoms with E-state index in [4.69, 9.17) is 33.7 Å². The predicted molar refractivity (Wildman–Crippen MR) is 75.2 cm³/mol. The first kappa shape index (κ1) is 14.9. The zero-order chi connectivity index (χ0) is 13.5. The van der Waals surface area contributed by atoms with E-state index >= 15 is 0 Å². The molecule has 1 rings (SSSR count). The number of halogens is 2. The number of anilines is 2. The molecule has 6 heteroatoms. The Kier molecular flexibility index (Phi) is 6.09. The monoisotopic (exact) mass is 290 g/mol. The van der Waals surface area contributed by atoms with E-state index < -0.39 is 0 Å². The predicted octanol–water partition coefficient (Wildman–Crippen LogP) is 3.33. The van der Waals surface area contributed by atoms with Crippen molar-refractivity contribution >= 4 is 40.5 Å². The molecule has 0 aliphatic rings. The first-order chi connectivity index (χ1) is 8.54. The second kappa shape index (κ2) is 7.34. The molecule has 0 aliphatic heterocycles. The molecule has 0 radical (unpaired) electrons. The van der Waals surface area contributed by atoms with Crippen molar-refractivity contribution in [2.24, 2.45) is 0 Å². The Balaban J connectivity index is 2.40. The minimum Gasteiger partial charge on any atom is -0.466 e. The van der Waals surface area contributed by atoms with E-state index in [1.165, 1.54) is 0 Å². The first-order valence-electron chi connectivity index (χ1n) is 5.68. The molecule has 0 amide bonds. The third-order valence-corrected chi connectivity index (χ3v) is 2.99. The molecule has 0 bridgehead atoms. The number of carbonyl (C=O) groups is 1. The van der Waals surface area contributed by atoms with E-state index in [9.17, 15) is 4.79 Å². The average molecular weight is 291 g/mol. The maximum absolute atomic E-state index is 11.1. The summed E-state index contributed by atoms with van der Waals surface area (Å²) < 4.78 is 4.82. The lowest BCUT2D eigenvalue weighted by Crippen LogP contribution is -2.09. The fourth-order valence-corrected chi connectivity index (χ4v) is 1.74. The Hall–Kier alpha value is -1.13. The Bertz CT molecular complexity index is 425. The summed E-state index contributed by atoms with van der Waals surface area (Å²) in [7, 11) is 0. The van der Waals surface area contributed by atoms with Gasteiger partial charge in [0.15, 0.2) is 0 Å². The zero-order valence-corrected chi connectivity index (χ0v) is 11.6. The van der Waals surface area contributed by atoms with Crippen LogP contribution in [0, 0.1) is 0 Å². The maximum Gasteiger partial charge on any atom is 0.305 e. The number of ether oxygens (including phenoxy) is 1. The number of hydrogen-bond acceptors (Lipinski definition) is 4. The number of hydrogen-bond donors (Lipinski definition) is 2. The lowest BCUT2D eigenvalue weighted by Gasteiger charge is -2.10. The number of nitrogen functional groups attached to an aromatic ring is 1. The molecule has 0 heterocycles. The van der Waals surface area contributed by atoms with E-state index in [0.29, 0.717) is 47.4 Å². The van der Waals surface area contributed by atoms with Crippen LogP contribution in [0.5, 0.6) is 0 Å². The van der Waals surface area contributed by atoms with Gasteiger partial charge in [-0.2, -0.15) is 0 Å². The van der Waals surface area contributed by atoms with Gasteiger partial charge in [0.2, 0.25) is 0 Å². The first-order valence-corrected chi connectivity index (χ1v) is 6.44. The number of nitrogens with two attached hydrogens (primary N) is 1. The van der Waals surface area contributed by atoms with Crippen LogP contribution in [0.3, 0.4) is 0 Å². The van der Waals surface area contributed by atoms with E-state index in [-0.39, 0.29) is 5.97 Å². The number of benzene rings is 1. The summed E-state index contributed by atoms with van der Waals surface area (Å²) in [6.45, 7) is 2.81. The Morgan fingerprint density at radius 1 is 1.39 bits per heavy atom. The summed E-state index contributed by atoms with van der Waals surface area (Å²) in [5.41, 5.74) is 7.03. The van der Waals surface area contributed by atoms with Gasteiger partial charge in [-0.3, -0.25) is 4.79 Å². The molecule has 1 aromatic rings. The lowest BCUT2D eigenvalue weighted by atomic mass is 10.2. The highest BCUT2D eigenvalue weighted by Crippen LogP contribution is 2.30. The molecule has 0 spiro atoms. The van der Waals surface area contributed by atoms with Crippen molar-refractivity contribution in [2.45, 2.75) is 19.8 Å². The van der Waals surface area contributed by atoms with Gasteiger partial charge in [0, 0.05) is 13.0 Å². The Morgan fingerprint density at radius 2 is 2.06 bits per heavy atom.